The molecule has 2 N–H and O–H groups in total. The molecule has 1 amide bonds. The molecule has 0 aliphatic carbocycles. The predicted molar refractivity (Wildman–Crippen MR) is 67.5 cm³/mol. The third-order valence-corrected chi connectivity index (χ3v) is 2.54. The lowest BCUT2D eigenvalue weighted by Crippen LogP contribution is -2.19. The normalized spacial score (nSPS) is 11.3. The Hall–Kier alpha value is -2.56. The van der Waals surface area contributed by atoms with Gasteiger partial charge in [-0.05, 0) is 12.1 Å². The number of hydrogen-bond donors (Lipinski definition) is 2. The Morgan fingerprint density at radius 3 is 2.89 bits per heavy atom. The number of fused-ring (bicyclic) bond motifs is 1. The number of ether oxygens (including phenoxy) is 1. The third kappa shape index (κ3) is 2.24. The van der Waals surface area contributed by atoms with Gasteiger partial charge in [-0.2, -0.15) is 0 Å². The fraction of sp³-hybridized carbons (Fsp3) is 0.0769. The van der Waals surface area contributed by atoms with Crippen molar-refractivity contribution in [1.29, 1.82) is 0 Å². The summed E-state index contributed by atoms with van der Waals surface area (Å²) >= 11 is 0. The molecule has 2 rings (SSSR count). The molecule has 92 valence electrons. The summed E-state index contributed by atoms with van der Waals surface area (Å²) in [4.78, 5) is 25.0. The zero-order valence-electron chi connectivity index (χ0n) is 9.77. The number of aromatic nitrogens is 1. The molecule has 1 aromatic heterocycles. The summed E-state index contributed by atoms with van der Waals surface area (Å²) in [6.45, 7) is 0. The lowest BCUT2D eigenvalue weighted by molar-refractivity contribution is -0.137. The molecule has 5 nitrogen and oxygen atoms in total. The van der Waals surface area contributed by atoms with Crippen LogP contribution in [0.5, 0.6) is 0 Å². The van der Waals surface area contributed by atoms with Crippen LogP contribution in [0.25, 0.3) is 17.0 Å². The van der Waals surface area contributed by atoms with Crippen molar-refractivity contribution in [3.05, 3.63) is 41.7 Å². The Balaban J connectivity index is 2.46. The molecule has 0 saturated carbocycles. The number of aromatic amines is 1. The molecule has 1 heterocycles. The molecule has 2 aromatic rings. The smallest absolute Gasteiger partial charge is 0.354 e. The monoisotopic (exact) mass is 244 g/mol. The zero-order valence-corrected chi connectivity index (χ0v) is 9.77. The van der Waals surface area contributed by atoms with Crippen molar-refractivity contribution in [3.8, 4) is 0 Å². The van der Waals surface area contributed by atoms with E-state index >= 15 is 0 Å². The number of hydrogen-bond acceptors (Lipinski definition) is 3. The van der Waals surface area contributed by atoms with Crippen molar-refractivity contribution in [2.75, 3.05) is 7.11 Å². The van der Waals surface area contributed by atoms with E-state index in [0.717, 1.165) is 16.5 Å². The van der Waals surface area contributed by atoms with Crippen LogP contribution in [0.15, 0.2) is 36.2 Å². The molecule has 0 bridgehead atoms. The molecule has 0 unspecified atom stereocenters. The number of para-hydroxylation sites is 1. The summed E-state index contributed by atoms with van der Waals surface area (Å²) in [7, 11) is 1.26. The molecule has 5 heteroatoms. The van der Waals surface area contributed by atoms with Crippen LogP contribution in [0.4, 0.5) is 0 Å². The van der Waals surface area contributed by atoms with Gasteiger partial charge in [-0.3, -0.25) is 4.79 Å². The fourth-order valence-corrected chi connectivity index (χ4v) is 1.70. The second kappa shape index (κ2) is 5.18. The van der Waals surface area contributed by atoms with Gasteiger partial charge in [-0.15, -0.1) is 0 Å². The first-order valence-corrected chi connectivity index (χ1v) is 5.32. The highest BCUT2D eigenvalue weighted by molar-refractivity contribution is 5.98. The molecular formula is C13H12N2O3. The molecule has 0 aliphatic rings. The van der Waals surface area contributed by atoms with Gasteiger partial charge in [0.15, 0.2) is 0 Å². The predicted octanol–water partition coefficient (Wildman–Crippen LogP) is 1.43. The molecule has 0 aliphatic heterocycles. The lowest BCUT2D eigenvalue weighted by Gasteiger charge is -2.02. The number of esters is 1. The first kappa shape index (κ1) is 11.9. The Labute approximate surface area is 103 Å². The first-order valence-electron chi connectivity index (χ1n) is 5.32. The molecule has 0 saturated heterocycles. The first-order chi connectivity index (χ1) is 8.76. The Morgan fingerprint density at radius 1 is 1.39 bits per heavy atom. The van der Waals surface area contributed by atoms with Gasteiger partial charge in [-0.25, -0.2) is 4.79 Å². The van der Waals surface area contributed by atoms with Crippen LogP contribution in [-0.2, 0) is 14.3 Å². The quantitative estimate of drug-likeness (QED) is 0.485. The van der Waals surface area contributed by atoms with Crippen LogP contribution in [0.1, 0.15) is 5.56 Å². The highest BCUT2D eigenvalue weighted by Gasteiger charge is 2.10. The van der Waals surface area contributed by atoms with E-state index in [0.29, 0.717) is 6.41 Å². The van der Waals surface area contributed by atoms with Crippen LogP contribution < -0.4 is 5.32 Å². The third-order valence-electron chi connectivity index (χ3n) is 2.54. The van der Waals surface area contributed by atoms with Crippen molar-refractivity contribution < 1.29 is 14.3 Å². The maximum Gasteiger partial charge on any atom is 0.354 e. The summed E-state index contributed by atoms with van der Waals surface area (Å²) in [6.07, 6.45) is 3.77. The number of benzene rings is 1. The Morgan fingerprint density at radius 2 is 2.17 bits per heavy atom. The van der Waals surface area contributed by atoms with E-state index in [4.69, 9.17) is 0 Å². The van der Waals surface area contributed by atoms with Gasteiger partial charge in [0.05, 0.1) is 7.11 Å². The summed E-state index contributed by atoms with van der Waals surface area (Å²) in [5, 5.41) is 3.29. The topological polar surface area (TPSA) is 71.2 Å². The summed E-state index contributed by atoms with van der Waals surface area (Å²) < 4.78 is 4.59. The Kier molecular flexibility index (Phi) is 3.43. The minimum Gasteiger partial charge on any atom is -0.464 e. The van der Waals surface area contributed by atoms with Gasteiger partial charge in [-0.1, -0.05) is 18.2 Å². The maximum absolute atomic E-state index is 11.4. The van der Waals surface area contributed by atoms with E-state index in [2.05, 4.69) is 15.0 Å². The fourth-order valence-electron chi connectivity index (χ4n) is 1.70. The molecule has 0 spiro atoms. The standard InChI is InChI=1S/C13H12N2O3/c1-18-13(17)12(15-8-16)6-9-7-14-11-5-3-2-4-10(9)11/h2-8,14H,1H3,(H,15,16)/b12-6-. The van der Waals surface area contributed by atoms with E-state index in [9.17, 15) is 9.59 Å². The molecule has 0 atom stereocenters. The largest absolute Gasteiger partial charge is 0.464 e. The minimum atomic E-state index is -0.590. The number of rotatable bonds is 4. The van der Waals surface area contributed by atoms with Crippen molar-refractivity contribution in [2.45, 2.75) is 0 Å². The van der Waals surface area contributed by atoms with E-state index in [1.54, 1.807) is 12.3 Å². The number of nitrogens with one attached hydrogen (secondary N) is 2. The summed E-state index contributed by atoms with van der Waals surface area (Å²) in [5.41, 5.74) is 1.86. The van der Waals surface area contributed by atoms with E-state index in [1.807, 2.05) is 24.3 Å². The lowest BCUT2D eigenvalue weighted by atomic mass is 10.1. The number of H-pyrrole nitrogens is 1. The number of carbonyl (C=O) groups is 2. The number of carbonyl (C=O) groups excluding carboxylic acids is 2. The zero-order chi connectivity index (χ0) is 13.0. The maximum atomic E-state index is 11.4. The van der Waals surface area contributed by atoms with Crippen LogP contribution in [0.3, 0.4) is 0 Å². The Bertz CT molecular complexity index is 613. The van der Waals surface area contributed by atoms with Gasteiger partial charge in [0.2, 0.25) is 6.41 Å². The van der Waals surface area contributed by atoms with Gasteiger partial charge in [0.1, 0.15) is 5.70 Å². The van der Waals surface area contributed by atoms with E-state index in [-0.39, 0.29) is 5.70 Å². The van der Waals surface area contributed by atoms with Gasteiger partial charge >= 0.3 is 5.97 Å². The van der Waals surface area contributed by atoms with Gasteiger partial charge < -0.3 is 15.0 Å². The number of methoxy groups -OCH3 is 1. The average molecular weight is 244 g/mol. The second-order valence-corrected chi connectivity index (χ2v) is 3.60. The SMILES string of the molecule is COC(=O)/C(=C/c1c[nH]c2ccccc12)NC=O. The molecule has 0 radical (unpaired) electrons. The van der Waals surface area contributed by atoms with Crippen LogP contribution >= 0.6 is 0 Å². The van der Waals surface area contributed by atoms with E-state index in [1.165, 1.54) is 7.11 Å². The molecule has 1 aromatic carbocycles. The summed E-state index contributed by atoms with van der Waals surface area (Å²) in [5.74, 6) is -0.590. The average Bonchev–Trinajstić information content (AvgIpc) is 2.81. The summed E-state index contributed by atoms with van der Waals surface area (Å²) in [6, 6.07) is 7.67. The number of amides is 1. The van der Waals surface area contributed by atoms with E-state index < -0.39 is 5.97 Å². The van der Waals surface area contributed by atoms with Crippen molar-refractivity contribution in [3.63, 3.8) is 0 Å². The van der Waals surface area contributed by atoms with Crippen LogP contribution in [0, 0.1) is 0 Å². The minimum absolute atomic E-state index is 0.0947. The molecule has 18 heavy (non-hydrogen) atoms. The van der Waals surface area contributed by atoms with Gasteiger partial charge in [0.25, 0.3) is 0 Å². The van der Waals surface area contributed by atoms with Crippen LogP contribution in [-0.4, -0.2) is 24.5 Å². The van der Waals surface area contributed by atoms with Crippen molar-refractivity contribution >= 4 is 29.4 Å². The van der Waals surface area contributed by atoms with Crippen LogP contribution in [0.2, 0.25) is 0 Å². The van der Waals surface area contributed by atoms with Crippen molar-refractivity contribution in [1.82, 2.24) is 10.3 Å². The highest BCUT2D eigenvalue weighted by atomic mass is 16.5. The molecule has 0 fully saturated rings. The van der Waals surface area contributed by atoms with Gasteiger partial charge in [0, 0.05) is 22.7 Å². The highest BCUT2D eigenvalue weighted by Crippen LogP contribution is 2.19. The second-order valence-electron chi connectivity index (χ2n) is 3.60. The molecular weight excluding hydrogens is 232 g/mol. The van der Waals surface area contributed by atoms with Crippen molar-refractivity contribution in [2.24, 2.45) is 0 Å².